The number of carbonyl (C=O) groups is 2. The van der Waals surface area contributed by atoms with Gasteiger partial charge in [-0.1, -0.05) is 71.7 Å². The van der Waals surface area contributed by atoms with Crippen LogP contribution in [0.4, 0.5) is 5.69 Å². The van der Waals surface area contributed by atoms with Gasteiger partial charge in [0.1, 0.15) is 5.58 Å². The van der Waals surface area contributed by atoms with Crippen LogP contribution in [0.5, 0.6) is 0 Å². The monoisotopic (exact) mass is 594 g/mol. The van der Waals surface area contributed by atoms with Crippen molar-refractivity contribution in [3.05, 3.63) is 144 Å². The molecule has 1 aromatic heterocycles. The van der Waals surface area contributed by atoms with Gasteiger partial charge in [-0.3, -0.25) is 14.4 Å². The first-order valence-electron chi connectivity index (χ1n) is 13.5. The minimum Gasteiger partial charge on any atom is -0.450 e. The number of halogens is 2. The average molecular weight is 595 g/mol. The highest BCUT2D eigenvalue weighted by Crippen LogP contribution is 2.53. The van der Waals surface area contributed by atoms with Gasteiger partial charge in [0.15, 0.2) is 11.0 Å². The summed E-state index contributed by atoms with van der Waals surface area (Å²) in [5.41, 5.74) is 2.67. The molecule has 8 heteroatoms. The third kappa shape index (κ3) is 3.68. The van der Waals surface area contributed by atoms with E-state index in [-0.39, 0.29) is 24.4 Å². The summed E-state index contributed by atoms with van der Waals surface area (Å²) in [7, 11) is 0. The molecule has 0 saturated carbocycles. The first-order valence-corrected chi connectivity index (χ1v) is 14.3. The Labute approximate surface area is 251 Å². The van der Waals surface area contributed by atoms with E-state index in [2.05, 4.69) is 0 Å². The van der Waals surface area contributed by atoms with Gasteiger partial charge in [-0.25, -0.2) is 0 Å². The third-order valence-corrected chi connectivity index (χ3v) is 9.01. The molecule has 2 amide bonds. The molecule has 7 rings (SSSR count). The van der Waals surface area contributed by atoms with E-state index >= 15 is 0 Å². The Kier molecular flexibility index (Phi) is 6.05. The van der Waals surface area contributed by atoms with Gasteiger partial charge >= 0.3 is 0 Å². The Morgan fingerprint density at radius 3 is 2.26 bits per heavy atom. The Hall–Kier alpha value is -4.39. The molecule has 2 aliphatic rings. The number of amides is 2. The van der Waals surface area contributed by atoms with Crippen LogP contribution in [-0.4, -0.2) is 16.7 Å². The highest BCUT2D eigenvalue weighted by atomic mass is 35.5. The number of fused-ring (bicyclic) bond motifs is 5. The number of aryl methyl sites for hydroxylation is 2. The van der Waals surface area contributed by atoms with E-state index in [9.17, 15) is 14.4 Å². The lowest BCUT2D eigenvalue weighted by atomic mass is 9.83. The molecule has 0 bridgehead atoms. The van der Waals surface area contributed by atoms with Gasteiger partial charge in [-0.15, -0.1) is 0 Å². The normalized spacial score (nSPS) is 17.4. The predicted octanol–water partition coefficient (Wildman–Crippen LogP) is 7.16. The van der Waals surface area contributed by atoms with Gasteiger partial charge in [0.2, 0.25) is 5.76 Å². The Morgan fingerprint density at radius 2 is 1.50 bits per heavy atom. The summed E-state index contributed by atoms with van der Waals surface area (Å²) in [4.78, 5) is 46.8. The van der Waals surface area contributed by atoms with Crippen LogP contribution in [-0.2, 0) is 23.4 Å². The SMILES string of the molecule is Cc1cc2oc3c(c(=O)c2cc1C)C1(C(=O)N(Cc2ccc(Cl)cc2)c2ccccc21)N(Cc1ccccc1Cl)C3=O. The summed E-state index contributed by atoms with van der Waals surface area (Å²) < 4.78 is 6.24. The van der Waals surface area contributed by atoms with Gasteiger partial charge in [0.05, 0.1) is 23.2 Å². The first kappa shape index (κ1) is 26.5. The van der Waals surface area contributed by atoms with Crippen molar-refractivity contribution in [3.8, 4) is 0 Å². The summed E-state index contributed by atoms with van der Waals surface area (Å²) in [6, 6.07) is 25.2. The van der Waals surface area contributed by atoms with Gasteiger partial charge in [0, 0.05) is 22.2 Å². The maximum atomic E-state index is 15.0. The van der Waals surface area contributed by atoms with E-state index in [1.165, 1.54) is 4.90 Å². The molecule has 0 saturated heterocycles. The molecule has 5 aromatic rings. The largest absolute Gasteiger partial charge is 0.450 e. The molecule has 0 radical (unpaired) electrons. The second-order valence-corrected chi connectivity index (χ2v) is 11.6. The predicted molar refractivity (Wildman–Crippen MR) is 163 cm³/mol. The van der Waals surface area contributed by atoms with Crippen molar-refractivity contribution in [2.75, 3.05) is 4.90 Å². The summed E-state index contributed by atoms with van der Waals surface area (Å²) in [5.74, 6) is -1.08. The minimum absolute atomic E-state index is 0.00853. The van der Waals surface area contributed by atoms with Crippen LogP contribution >= 0.6 is 23.2 Å². The fourth-order valence-electron chi connectivity index (χ4n) is 6.19. The molecular weight excluding hydrogens is 571 g/mol. The van der Waals surface area contributed by atoms with Crippen LogP contribution in [0.1, 0.15) is 43.9 Å². The number of nitrogens with zero attached hydrogens (tertiary/aromatic N) is 2. The summed E-state index contributed by atoms with van der Waals surface area (Å²) in [5, 5.41) is 1.36. The zero-order valence-electron chi connectivity index (χ0n) is 22.8. The van der Waals surface area contributed by atoms with Crippen LogP contribution in [0.2, 0.25) is 10.0 Å². The van der Waals surface area contributed by atoms with Gasteiger partial charge in [-0.2, -0.15) is 0 Å². The quantitative estimate of drug-likeness (QED) is 0.221. The molecule has 2 aliphatic heterocycles. The molecule has 3 heterocycles. The Morgan fingerprint density at radius 1 is 0.810 bits per heavy atom. The topological polar surface area (TPSA) is 70.8 Å². The highest BCUT2D eigenvalue weighted by molar-refractivity contribution is 6.31. The number of hydrogen-bond acceptors (Lipinski definition) is 4. The van der Waals surface area contributed by atoms with Crippen molar-refractivity contribution >= 4 is 51.7 Å². The second kappa shape index (κ2) is 9.58. The number of hydrogen-bond donors (Lipinski definition) is 0. The van der Waals surface area contributed by atoms with Crippen LogP contribution in [0.25, 0.3) is 11.0 Å². The van der Waals surface area contributed by atoms with Crippen LogP contribution < -0.4 is 10.3 Å². The minimum atomic E-state index is -1.75. The number of anilines is 1. The zero-order valence-corrected chi connectivity index (χ0v) is 24.3. The van der Waals surface area contributed by atoms with E-state index in [1.807, 2.05) is 56.3 Å². The van der Waals surface area contributed by atoms with Gasteiger partial charge in [-0.05, 0) is 72.5 Å². The van der Waals surface area contributed by atoms with E-state index in [1.54, 1.807) is 47.4 Å². The fraction of sp³-hybridized carbons (Fsp3) is 0.147. The van der Waals surface area contributed by atoms with Crippen molar-refractivity contribution in [3.63, 3.8) is 0 Å². The summed E-state index contributed by atoms with van der Waals surface area (Å²) in [6.07, 6.45) is 0. The lowest BCUT2D eigenvalue weighted by molar-refractivity contribution is -0.126. The number of para-hydroxylation sites is 1. The molecule has 0 aliphatic carbocycles. The van der Waals surface area contributed by atoms with Gasteiger partial charge in [0.25, 0.3) is 11.8 Å². The van der Waals surface area contributed by atoms with Crippen molar-refractivity contribution in [2.24, 2.45) is 0 Å². The second-order valence-electron chi connectivity index (χ2n) is 10.8. The summed E-state index contributed by atoms with van der Waals surface area (Å²) >= 11 is 12.7. The summed E-state index contributed by atoms with van der Waals surface area (Å²) in [6.45, 7) is 4.04. The van der Waals surface area contributed by atoms with Crippen LogP contribution in [0.3, 0.4) is 0 Å². The number of benzene rings is 4. The van der Waals surface area contributed by atoms with E-state index < -0.39 is 22.8 Å². The molecular formula is C34H24Cl2N2O4. The molecule has 6 nitrogen and oxygen atoms in total. The Bertz CT molecular complexity index is 2020. The van der Waals surface area contributed by atoms with E-state index in [4.69, 9.17) is 27.6 Å². The van der Waals surface area contributed by atoms with E-state index in [0.29, 0.717) is 37.8 Å². The maximum Gasteiger partial charge on any atom is 0.291 e. The lowest BCUT2D eigenvalue weighted by Gasteiger charge is -2.34. The van der Waals surface area contributed by atoms with Crippen molar-refractivity contribution in [1.29, 1.82) is 0 Å². The lowest BCUT2D eigenvalue weighted by Crippen LogP contribution is -2.53. The molecule has 4 aromatic carbocycles. The molecule has 1 unspecified atom stereocenters. The molecule has 1 atom stereocenters. The molecule has 1 spiro atoms. The molecule has 0 fully saturated rings. The Balaban J connectivity index is 1.52. The smallest absolute Gasteiger partial charge is 0.291 e. The van der Waals surface area contributed by atoms with Crippen LogP contribution in [0.15, 0.2) is 94.1 Å². The van der Waals surface area contributed by atoms with Crippen molar-refractivity contribution in [2.45, 2.75) is 32.5 Å². The number of carbonyl (C=O) groups excluding carboxylic acids is 2. The molecule has 42 heavy (non-hydrogen) atoms. The van der Waals surface area contributed by atoms with Crippen molar-refractivity contribution in [1.82, 2.24) is 4.90 Å². The fourth-order valence-corrected chi connectivity index (χ4v) is 6.51. The third-order valence-electron chi connectivity index (χ3n) is 8.39. The molecule has 208 valence electrons. The molecule has 0 N–H and O–H groups in total. The van der Waals surface area contributed by atoms with Crippen molar-refractivity contribution < 1.29 is 14.0 Å². The van der Waals surface area contributed by atoms with E-state index in [0.717, 1.165) is 16.7 Å². The van der Waals surface area contributed by atoms with Crippen LogP contribution in [0, 0.1) is 13.8 Å². The maximum absolute atomic E-state index is 15.0. The highest BCUT2D eigenvalue weighted by Gasteiger charge is 2.65. The standard InChI is InChI=1S/C34H24Cl2N2O4/c1-19-15-24-28(16-20(19)2)42-31-29(30(24)39)34(38(32(31)40)18-22-7-3-5-9-26(22)36)25-8-4-6-10-27(25)37(33(34)41)17-21-11-13-23(35)14-12-21/h3-16H,17-18H2,1-2H3. The van der Waals surface area contributed by atoms with Gasteiger partial charge < -0.3 is 14.2 Å². The average Bonchev–Trinajstić information content (AvgIpc) is 3.37. The zero-order chi connectivity index (χ0) is 29.3. The number of rotatable bonds is 4. The first-order chi connectivity index (χ1) is 20.2.